The van der Waals surface area contributed by atoms with Gasteiger partial charge in [0.1, 0.15) is 11.4 Å². The molecule has 1 heterocycles. The molecule has 1 aliphatic carbocycles. The molecule has 0 aromatic heterocycles. The molecule has 1 N–H and O–H groups in total. The molecule has 0 bridgehead atoms. The number of ether oxygens (including phenoxy) is 1. The Morgan fingerprint density at radius 1 is 0.935 bits per heavy atom. The lowest BCUT2D eigenvalue weighted by Gasteiger charge is -2.46. The average Bonchev–Trinajstić information content (AvgIpc) is 3.32. The van der Waals surface area contributed by atoms with Gasteiger partial charge in [-0.25, -0.2) is 0 Å². The second-order valence-corrected chi connectivity index (χ2v) is 9.09. The van der Waals surface area contributed by atoms with Crippen molar-refractivity contribution < 1.29 is 9.84 Å². The molecule has 0 amide bonds. The SMILES string of the molecule is CCOc1ccc(C(O)(C2CCCCC2)C(CN2CCCC2)c2ccccc2)cc1.Cl. The molecule has 0 spiro atoms. The highest BCUT2D eigenvalue weighted by Crippen LogP contribution is 2.49. The van der Waals surface area contributed by atoms with Gasteiger partial charge in [-0.15, -0.1) is 12.4 Å². The molecule has 0 radical (unpaired) electrons. The van der Waals surface area contributed by atoms with Gasteiger partial charge in [-0.1, -0.05) is 61.7 Å². The Balaban J connectivity index is 0.00000272. The molecule has 2 aromatic rings. The largest absolute Gasteiger partial charge is 0.494 e. The summed E-state index contributed by atoms with van der Waals surface area (Å²) >= 11 is 0. The summed E-state index contributed by atoms with van der Waals surface area (Å²) in [7, 11) is 0. The zero-order valence-corrected chi connectivity index (χ0v) is 19.7. The van der Waals surface area contributed by atoms with Gasteiger partial charge in [-0.05, 0) is 74.9 Å². The Morgan fingerprint density at radius 2 is 1.58 bits per heavy atom. The van der Waals surface area contributed by atoms with Crippen LogP contribution < -0.4 is 4.74 Å². The van der Waals surface area contributed by atoms with E-state index in [1.54, 1.807) is 0 Å². The zero-order valence-electron chi connectivity index (χ0n) is 18.8. The molecule has 1 aliphatic heterocycles. The molecule has 3 nitrogen and oxygen atoms in total. The Morgan fingerprint density at radius 3 is 2.19 bits per heavy atom. The summed E-state index contributed by atoms with van der Waals surface area (Å²) in [6.07, 6.45) is 8.47. The number of rotatable bonds is 8. The normalized spacial score (nSPS) is 20.6. The van der Waals surface area contributed by atoms with Gasteiger partial charge in [0.2, 0.25) is 0 Å². The van der Waals surface area contributed by atoms with Crippen LogP contribution in [0, 0.1) is 5.92 Å². The van der Waals surface area contributed by atoms with Gasteiger partial charge in [-0.2, -0.15) is 0 Å². The number of aliphatic hydroxyl groups is 1. The van der Waals surface area contributed by atoms with Crippen LogP contribution in [0.25, 0.3) is 0 Å². The summed E-state index contributed by atoms with van der Waals surface area (Å²) in [5.74, 6) is 1.23. The third-order valence-electron chi connectivity index (χ3n) is 7.23. The first kappa shape index (κ1) is 24.1. The van der Waals surface area contributed by atoms with Gasteiger partial charge in [0.05, 0.1) is 6.61 Å². The number of nitrogens with zero attached hydrogens (tertiary/aromatic N) is 1. The van der Waals surface area contributed by atoms with Crippen molar-refractivity contribution in [2.45, 2.75) is 63.4 Å². The highest BCUT2D eigenvalue weighted by atomic mass is 35.5. The smallest absolute Gasteiger partial charge is 0.119 e. The van der Waals surface area contributed by atoms with E-state index in [1.807, 2.05) is 19.1 Å². The molecule has 2 aromatic carbocycles. The Bertz CT molecular complexity index is 770. The molecule has 2 atom stereocenters. The van der Waals surface area contributed by atoms with E-state index in [-0.39, 0.29) is 24.2 Å². The van der Waals surface area contributed by atoms with Crippen LogP contribution >= 0.6 is 12.4 Å². The first-order valence-electron chi connectivity index (χ1n) is 11.9. The maximum absolute atomic E-state index is 12.6. The molecule has 2 unspecified atom stereocenters. The van der Waals surface area contributed by atoms with Crippen LogP contribution in [0.3, 0.4) is 0 Å². The zero-order chi connectivity index (χ0) is 20.8. The van der Waals surface area contributed by atoms with Crippen LogP contribution in [-0.2, 0) is 5.60 Å². The molecule has 2 fully saturated rings. The van der Waals surface area contributed by atoms with Crippen molar-refractivity contribution in [2.24, 2.45) is 5.92 Å². The highest BCUT2D eigenvalue weighted by molar-refractivity contribution is 5.85. The van der Waals surface area contributed by atoms with Gasteiger partial charge in [0, 0.05) is 12.5 Å². The van der Waals surface area contributed by atoms with E-state index in [1.165, 1.54) is 37.7 Å². The van der Waals surface area contributed by atoms with Crippen molar-refractivity contribution in [1.82, 2.24) is 4.90 Å². The van der Waals surface area contributed by atoms with Gasteiger partial charge < -0.3 is 14.7 Å². The summed E-state index contributed by atoms with van der Waals surface area (Å²) in [6.45, 7) is 5.88. The van der Waals surface area contributed by atoms with E-state index in [2.05, 4.69) is 47.4 Å². The first-order chi connectivity index (χ1) is 14.7. The van der Waals surface area contributed by atoms with Crippen molar-refractivity contribution in [2.75, 3.05) is 26.2 Å². The van der Waals surface area contributed by atoms with Gasteiger partial charge >= 0.3 is 0 Å². The van der Waals surface area contributed by atoms with Gasteiger partial charge in [0.15, 0.2) is 0 Å². The number of likely N-dealkylation sites (tertiary alicyclic amines) is 1. The summed E-state index contributed by atoms with van der Waals surface area (Å²) < 4.78 is 5.68. The molecular formula is C27H38ClNO2. The fourth-order valence-corrected chi connectivity index (χ4v) is 5.66. The Hall–Kier alpha value is -1.55. The minimum absolute atomic E-state index is 0. The molecule has 4 rings (SSSR count). The minimum atomic E-state index is -0.866. The number of hydrogen-bond donors (Lipinski definition) is 1. The summed E-state index contributed by atoms with van der Waals surface area (Å²) in [5.41, 5.74) is 1.44. The third-order valence-corrected chi connectivity index (χ3v) is 7.23. The van der Waals surface area contributed by atoms with Gasteiger partial charge in [-0.3, -0.25) is 0 Å². The van der Waals surface area contributed by atoms with Crippen LogP contribution in [0.15, 0.2) is 54.6 Å². The van der Waals surface area contributed by atoms with Crippen molar-refractivity contribution in [3.8, 4) is 5.75 Å². The van der Waals surface area contributed by atoms with Gasteiger partial charge in [0.25, 0.3) is 0 Å². The van der Waals surface area contributed by atoms with Crippen LogP contribution in [0.1, 0.15) is 68.9 Å². The second kappa shape index (κ2) is 11.4. The van der Waals surface area contributed by atoms with Crippen LogP contribution in [0.5, 0.6) is 5.75 Å². The van der Waals surface area contributed by atoms with Crippen molar-refractivity contribution >= 4 is 12.4 Å². The molecule has 1 saturated heterocycles. The Kier molecular flexibility index (Phi) is 8.83. The van der Waals surface area contributed by atoms with Crippen molar-refractivity contribution in [3.63, 3.8) is 0 Å². The standard InChI is InChI=1S/C27H37NO2.ClH/c1-2-30-25-17-15-24(16-18-25)27(29,23-13-7-4-8-14-23)26(21-28-19-9-10-20-28)22-11-5-3-6-12-22;/h3,5-6,11-12,15-18,23,26,29H,2,4,7-10,13-14,19-21H2,1H3;1H. The monoisotopic (exact) mass is 443 g/mol. The van der Waals surface area contributed by atoms with E-state index in [9.17, 15) is 5.11 Å². The molecule has 1 saturated carbocycles. The Labute approximate surface area is 194 Å². The minimum Gasteiger partial charge on any atom is -0.494 e. The number of halogens is 1. The predicted molar refractivity (Wildman–Crippen MR) is 130 cm³/mol. The highest BCUT2D eigenvalue weighted by Gasteiger charge is 2.46. The van der Waals surface area contributed by atoms with E-state index < -0.39 is 5.60 Å². The summed E-state index contributed by atoms with van der Waals surface area (Å²) in [5, 5.41) is 12.6. The lowest BCUT2D eigenvalue weighted by Crippen LogP contribution is -2.46. The average molecular weight is 444 g/mol. The summed E-state index contributed by atoms with van der Waals surface area (Å²) in [6, 6.07) is 19.0. The molecule has 31 heavy (non-hydrogen) atoms. The van der Waals surface area contributed by atoms with Crippen LogP contribution in [-0.4, -0.2) is 36.2 Å². The maximum atomic E-state index is 12.6. The third kappa shape index (κ3) is 5.45. The lowest BCUT2D eigenvalue weighted by atomic mass is 9.65. The quantitative estimate of drug-likeness (QED) is 0.530. The van der Waals surface area contributed by atoms with Crippen molar-refractivity contribution in [1.29, 1.82) is 0 Å². The van der Waals surface area contributed by atoms with E-state index >= 15 is 0 Å². The van der Waals surface area contributed by atoms with Crippen LogP contribution in [0.4, 0.5) is 0 Å². The second-order valence-electron chi connectivity index (χ2n) is 9.09. The van der Waals surface area contributed by atoms with Crippen LogP contribution in [0.2, 0.25) is 0 Å². The van der Waals surface area contributed by atoms with E-state index in [0.717, 1.165) is 43.8 Å². The fourth-order valence-electron chi connectivity index (χ4n) is 5.66. The number of hydrogen-bond acceptors (Lipinski definition) is 3. The molecule has 4 heteroatoms. The fraction of sp³-hybridized carbons (Fsp3) is 0.556. The molecule has 170 valence electrons. The van der Waals surface area contributed by atoms with Crippen molar-refractivity contribution in [3.05, 3.63) is 65.7 Å². The number of benzene rings is 2. The first-order valence-corrected chi connectivity index (χ1v) is 11.9. The topological polar surface area (TPSA) is 32.7 Å². The van der Waals surface area contributed by atoms with E-state index in [4.69, 9.17) is 4.74 Å². The summed E-state index contributed by atoms with van der Waals surface area (Å²) in [4.78, 5) is 2.56. The predicted octanol–water partition coefficient (Wildman–Crippen LogP) is 6.15. The molecule has 2 aliphatic rings. The maximum Gasteiger partial charge on any atom is 0.119 e. The lowest BCUT2D eigenvalue weighted by molar-refractivity contribution is -0.0690. The molecular weight excluding hydrogens is 406 g/mol. The van der Waals surface area contributed by atoms with E-state index in [0.29, 0.717) is 6.61 Å².